The van der Waals surface area contributed by atoms with E-state index in [2.05, 4.69) is 26.1 Å². The number of carboxylic acids is 1. The summed E-state index contributed by atoms with van der Waals surface area (Å²) in [6.07, 6.45) is 4.58. The SMILES string of the molecule is CCC(CC)(CC)NC(=O)CCCCC(=O)O. The van der Waals surface area contributed by atoms with Gasteiger partial charge >= 0.3 is 5.97 Å². The molecule has 1 amide bonds. The molecule has 0 rings (SSSR count). The molecule has 0 saturated heterocycles. The van der Waals surface area contributed by atoms with Gasteiger partial charge in [0.15, 0.2) is 0 Å². The number of hydrogen-bond acceptors (Lipinski definition) is 2. The van der Waals surface area contributed by atoms with Crippen LogP contribution in [-0.4, -0.2) is 22.5 Å². The monoisotopic (exact) mass is 243 g/mol. The lowest BCUT2D eigenvalue weighted by Gasteiger charge is -2.31. The molecule has 100 valence electrons. The predicted octanol–water partition coefficient (Wildman–Crippen LogP) is 2.72. The molecule has 0 fully saturated rings. The second-order valence-electron chi connectivity index (χ2n) is 4.49. The molecule has 0 unspecified atom stereocenters. The lowest BCUT2D eigenvalue weighted by molar-refractivity contribution is -0.137. The van der Waals surface area contributed by atoms with Crippen molar-refractivity contribution in [3.63, 3.8) is 0 Å². The summed E-state index contributed by atoms with van der Waals surface area (Å²) in [5.41, 5.74) is -0.0795. The minimum absolute atomic E-state index is 0.0425. The Hall–Kier alpha value is -1.06. The van der Waals surface area contributed by atoms with Gasteiger partial charge in [-0.25, -0.2) is 0 Å². The molecule has 0 aromatic carbocycles. The molecule has 4 nitrogen and oxygen atoms in total. The Kier molecular flexibility index (Phi) is 7.59. The van der Waals surface area contributed by atoms with Crippen LogP contribution in [0.1, 0.15) is 65.7 Å². The molecular formula is C13H25NO3. The summed E-state index contributed by atoms with van der Waals surface area (Å²) in [4.78, 5) is 22.0. The zero-order chi connectivity index (χ0) is 13.3. The van der Waals surface area contributed by atoms with Crippen LogP contribution in [-0.2, 0) is 9.59 Å². The van der Waals surface area contributed by atoms with Gasteiger partial charge in [-0.2, -0.15) is 0 Å². The summed E-state index contributed by atoms with van der Waals surface area (Å²) in [6, 6.07) is 0. The van der Waals surface area contributed by atoms with Crippen LogP contribution in [0.15, 0.2) is 0 Å². The first kappa shape index (κ1) is 15.9. The Balaban J connectivity index is 3.95. The van der Waals surface area contributed by atoms with Crippen molar-refractivity contribution < 1.29 is 14.7 Å². The van der Waals surface area contributed by atoms with E-state index in [0.717, 1.165) is 19.3 Å². The Morgan fingerprint density at radius 3 is 1.88 bits per heavy atom. The van der Waals surface area contributed by atoms with Crippen molar-refractivity contribution in [3.05, 3.63) is 0 Å². The molecule has 0 aliphatic carbocycles. The van der Waals surface area contributed by atoms with Crippen molar-refractivity contribution in [2.75, 3.05) is 0 Å². The molecule has 0 radical (unpaired) electrons. The summed E-state index contributed by atoms with van der Waals surface area (Å²) in [5, 5.41) is 11.6. The molecule has 0 spiro atoms. The molecule has 17 heavy (non-hydrogen) atoms. The van der Waals surface area contributed by atoms with Gasteiger partial charge in [0, 0.05) is 18.4 Å². The molecule has 0 aliphatic heterocycles. The van der Waals surface area contributed by atoms with Crippen molar-refractivity contribution in [1.82, 2.24) is 5.32 Å². The fourth-order valence-electron chi connectivity index (χ4n) is 1.94. The molecule has 2 N–H and O–H groups in total. The molecule has 0 bridgehead atoms. The Morgan fingerprint density at radius 2 is 1.47 bits per heavy atom. The molecule has 4 heteroatoms. The lowest BCUT2D eigenvalue weighted by Crippen LogP contribution is -2.47. The highest BCUT2D eigenvalue weighted by Gasteiger charge is 2.25. The quantitative estimate of drug-likeness (QED) is 0.612. The first-order chi connectivity index (χ1) is 7.99. The van der Waals surface area contributed by atoms with E-state index in [0.29, 0.717) is 19.3 Å². The fraction of sp³-hybridized carbons (Fsp3) is 0.846. The molecule has 0 aromatic heterocycles. The van der Waals surface area contributed by atoms with Crippen LogP contribution in [0.3, 0.4) is 0 Å². The zero-order valence-electron chi connectivity index (χ0n) is 11.2. The highest BCUT2D eigenvalue weighted by Crippen LogP contribution is 2.19. The van der Waals surface area contributed by atoms with Gasteiger partial charge in [0.2, 0.25) is 5.91 Å². The topological polar surface area (TPSA) is 66.4 Å². The van der Waals surface area contributed by atoms with E-state index in [-0.39, 0.29) is 17.9 Å². The summed E-state index contributed by atoms with van der Waals surface area (Å²) in [5.74, 6) is -0.753. The van der Waals surface area contributed by atoms with Gasteiger partial charge in [-0.15, -0.1) is 0 Å². The van der Waals surface area contributed by atoms with Crippen LogP contribution >= 0.6 is 0 Å². The average molecular weight is 243 g/mol. The van der Waals surface area contributed by atoms with Gasteiger partial charge in [0.1, 0.15) is 0 Å². The highest BCUT2D eigenvalue weighted by atomic mass is 16.4. The minimum atomic E-state index is -0.796. The fourth-order valence-corrected chi connectivity index (χ4v) is 1.94. The third kappa shape index (κ3) is 6.29. The first-order valence-electron chi connectivity index (χ1n) is 6.52. The number of amides is 1. The van der Waals surface area contributed by atoms with Crippen LogP contribution in [0.2, 0.25) is 0 Å². The van der Waals surface area contributed by atoms with E-state index in [9.17, 15) is 9.59 Å². The smallest absolute Gasteiger partial charge is 0.303 e. The number of carbonyl (C=O) groups is 2. The zero-order valence-corrected chi connectivity index (χ0v) is 11.2. The van der Waals surface area contributed by atoms with Gasteiger partial charge in [-0.1, -0.05) is 20.8 Å². The maximum atomic E-state index is 11.7. The number of rotatable bonds is 9. The van der Waals surface area contributed by atoms with Crippen molar-refractivity contribution in [1.29, 1.82) is 0 Å². The van der Waals surface area contributed by atoms with E-state index in [1.165, 1.54) is 0 Å². The first-order valence-corrected chi connectivity index (χ1v) is 6.52. The number of carboxylic acid groups (broad SMARTS) is 1. The predicted molar refractivity (Wildman–Crippen MR) is 67.9 cm³/mol. The van der Waals surface area contributed by atoms with Gasteiger partial charge in [-0.05, 0) is 32.1 Å². The van der Waals surface area contributed by atoms with Gasteiger partial charge in [0.25, 0.3) is 0 Å². The van der Waals surface area contributed by atoms with E-state index in [1.807, 2.05) is 0 Å². The number of aliphatic carboxylic acids is 1. The van der Waals surface area contributed by atoms with E-state index >= 15 is 0 Å². The van der Waals surface area contributed by atoms with E-state index < -0.39 is 5.97 Å². The normalized spacial score (nSPS) is 11.2. The third-order valence-electron chi connectivity index (χ3n) is 3.48. The molecule has 0 saturated carbocycles. The summed E-state index contributed by atoms with van der Waals surface area (Å²) >= 11 is 0. The maximum absolute atomic E-state index is 11.7. The molecule has 0 heterocycles. The largest absolute Gasteiger partial charge is 0.481 e. The molecular weight excluding hydrogens is 218 g/mol. The second-order valence-corrected chi connectivity index (χ2v) is 4.49. The average Bonchev–Trinajstić information content (AvgIpc) is 2.32. The molecule has 0 atom stereocenters. The van der Waals surface area contributed by atoms with Crippen molar-refractivity contribution >= 4 is 11.9 Å². The number of nitrogens with one attached hydrogen (secondary N) is 1. The van der Waals surface area contributed by atoms with E-state index in [1.54, 1.807) is 0 Å². The van der Waals surface area contributed by atoms with Crippen LogP contribution in [0.4, 0.5) is 0 Å². The minimum Gasteiger partial charge on any atom is -0.481 e. The highest BCUT2D eigenvalue weighted by molar-refractivity contribution is 5.76. The number of unbranched alkanes of at least 4 members (excludes halogenated alkanes) is 1. The second kappa shape index (κ2) is 8.09. The van der Waals surface area contributed by atoms with Crippen molar-refractivity contribution in [2.45, 2.75) is 71.3 Å². The molecule has 0 aliphatic rings. The standard InChI is InChI=1S/C13H25NO3/c1-4-13(5-2,6-3)14-11(15)9-7-8-10-12(16)17/h4-10H2,1-3H3,(H,14,15)(H,16,17). The summed E-state index contributed by atoms with van der Waals surface area (Å²) < 4.78 is 0. The van der Waals surface area contributed by atoms with Gasteiger partial charge < -0.3 is 10.4 Å². The Morgan fingerprint density at radius 1 is 1.00 bits per heavy atom. The van der Waals surface area contributed by atoms with Gasteiger partial charge in [0.05, 0.1) is 0 Å². The number of hydrogen-bond donors (Lipinski definition) is 2. The van der Waals surface area contributed by atoms with E-state index in [4.69, 9.17) is 5.11 Å². The maximum Gasteiger partial charge on any atom is 0.303 e. The Labute approximate surface area is 104 Å². The number of carbonyl (C=O) groups excluding carboxylic acids is 1. The van der Waals surface area contributed by atoms with Crippen molar-refractivity contribution in [3.8, 4) is 0 Å². The summed E-state index contributed by atoms with van der Waals surface area (Å²) in [6.45, 7) is 6.24. The lowest BCUT2D eigenvalue weighted by atomic mass is 9.89. The molecule has 0 aromatic rings. The van der Waals surface area contributed by atoms with Crippen LogP contribution in [0.25, 0.3) is 0 Å². The van der Waals surface area contributed by atoms with Gasteiger partial charge in [-0.3, -0.25) is 9.59 Å². The van der Waals surface area contributed by atoms with Crippen LogP contribution < -0.4 is 5.32 Å². The van der Waals surface area contributed by atoms with Crippen LogP contribution in [0, 0.1) is 0 Å². The van der Waals surface area contributed by atoms with Crippen molar-refractivity contribution in [2.24, 2.45) is 0 Å². The third-order valence-corrected chi connectivity index (χ3v) is 3.48. The van der Waals surface area contributed by atoms with Crippen LogP contribution in [0.5, 0.6) is 0 Å². The Bertz CT molecular complexity index is 239. The summed E-state index contributed by atoms with van der Waals surface area (Å²) in [7, 11) is 0.